The first kappa shape index (κ1) is 19.3. The normalized spacial score (nSPS) is 15.7. The molecular weight excluding hydrogens is 362 g/mol. The van der Waals surface area contributed by atoms with Crippen LogP contribution in [0.2, 0.25) is 0 Å². The number of aryl methyl sites for hydroxylation is 1. The van der Waals surface area contributed by atoms with Crippen molar-refractivity contribution in [3.63, 3.8) is 0 Å². The van der Waals surface area contributed by atoms with E-state index in [1.165, 1.54) is 11.1 Å². The van der Waals surface area contributed by atoms with Crippen molar-refractivity contribution in [3.05, 3.63) is 71.1 Å². The SMILES string of the molecule is Cc1cccc(-c2noc(CN3CCCN(Cc4ccc(C#N)cc4)CC3)n2)c1. The molecule has 1 aliphatic heterocycles. The highest BCUT2D eigenvalue weighted by Crippen LogP contribution is 2.18. The molecular formula is C23H25N5O. The Bertz CT molecular complexity index is 989. The Kier molecular flexibility index (Phi) is 5.99. The fourth-order valence-electron chi connectivity index (χ4n) is 3.70. The maximum Gasteiger partial charge on any atom is 0.241 e. The van der Waals surface area contributed by atoms with Crippen LogP contribution in [0.4, 0.5) is 0 Å². The van der Waals surface area contributed by atoms with Gasteiger partial charge in [-0.25, -0.2) is 0 Å². The van der Waals surface area contributed by atoms with E-state index in [1.807, 2.05) is 36.4 Å². The lowest BCUT2D eigenvalue weighted by atomic mass is 10.1. The van der Waals surface area contributed by atoms with Crippen molar-refractivity contribution in [2.45, 2.75) is 26.4 Å². The Morgan fingerprint density at radius 3 is 2.48 bits per heavy atom. The average Bonchev–Trinajstić information content (AvgIpc) is 3.09. The molecule has 0 bridgehead atoms. The third kappa shape index (κ3) is 5.08. The molecule has 0 spiro atoms. The molecule has 1 aromatic heterocycles. The van der Waals surface area contributed by atoms with E-state index in [0.717, 1.165) is 44.7 Å². The van der Waals surface area contributed by atoms with E-state index in [4.69, 9.17) is 9.78 Å². The summed E-state index contributed by atoms with van der Waals surface area (Å²) in [5.41, 5.74) is 4.13. The van der Waals surface area contributed by atoms with Crippen LogP contribution in [0.1, 0.15) is 29.0 Å². The van der Waals surface area contributed by atoms with Crippen molar-refractivity contribution < 1.29 is 4.52 Å². The summed E-state index contributed by atoms with van der Waals surface area (Å²) >= 11 is 0. The van der Waals surface area contributed by atoms with Crippen LogP contribution in [0.15, 0.2) is 53.1 Å². The molecule has 1 fully saturated rings. The highest BCUT2D eigenvalue weighted by atomic mass is 16.5. The maximum atomic E-state index is 8.93. The number of hydrogen-bond donors (Lipinski definition) is 0. The van der Waals surface area contributed by atoms with E-state index in [-0.39, 0.29) is 0 Å². The third-order valence-corrected chi connectivity index (χ3v) is 5.27. The summed E-state index contributed by atoms with van der Waals surface area (Å²) in [6.07, 6.45) is 1.11. The molecule has 0 saturated carbocycles. The van der Waals surface area contributed by atoms with Crippen LogP contribution in [0.3, 0.4) is 0 Å². The van der Waals surface area contributed by atoms with Gasteiger partial charge in [0.2, 0.25) is 11.7 Å². The summed E-state index contributed by atoms with van der Waals surface area (Å²) in [6, 6.07) is 18.2. The van der Waals surface area contributed by atoms with Crippen LogP contribution >= 0.6 is 0 Å². The van der Waals surface area contributed by atoms with E-state index in [0.29, 0.717) is 23.8 Å². The Balaban J connectivity index is 1.32. The van der Waals surface area contributed by atoms with Crippen molar-refractivity contribution >= 4 is 0 Å². The van der Waals surface area contributed by atoms with Crippen LogP contribution in [0, 0.1) is 18.3 Å². The first-order valence-corrected chi connectivity index (χ1v) is 10.0. The Morgan fingerprint density at radius 2 is 1.76 bits per heavy atom. The fraction of sp³-hybridized carbons (Fsp3) is 0.348. The molecule has 0 atom stereocenters. The minimum absolute atomic E-state index is 0.654. The van der Waals surface area contributed by atoms with Crippen molar-refractivity contribution in [3.8, 4) is 17.5 Å². The predicted molar refractivity (Wildman–Crippen MR) is 111 cm³/mol. The maximum absolute atomic E-state index is 8.93. The van der Waals surface area contributed by atoms with Gasteiger partial charge in [0.1, 0.15) is 0 Å². The zero-order valence-electron chi connectivity index (χ0n) is 16.7. The lowest BCUT2D eigenvalue weighted by Crippen LogP contribution is -2.30. The fourth-order valence-corrected chi connectivity index (χ4v) is 3.70. The quantitative estimate of drug-likeness (QED) is 0.666. The van der Waals surface area contributed by atoms with Crippen molar-refractivity contribution in [2.75, 3.05) is 26.2 Å². The number of rotatable bonds is 5. The molecule has 0 aliphatic carbocycles. The lowest BCUT2D eigenvalue weighted by Gasteiger charge is -2.21. The molecule has 2 heterocycles. The van der Waals surface area contributed by atoms with Gasteiger partial charge in [0.25, 0.3) is 0 Å². The van der Waals surface area contributed by atoms with Crippen molar-refractivity contribution in [1.29, 1.82) is 5.26 Å². The number of benzene rings is 2. The molecule has 148 valence electrons. The monoisotopic (exact) mass is 387 g/mol. The largest absolute Gasteiger partial charge is 0.338 e. The minimum atomic E-state index is 0.654. The van der Waals surface area contributed by atoms with Gasteiger partial charge in [-0.3, -0.25) is 9.80 Å². The molecule has 2 aromatic carbocycles. The number of nitriles is 1. The molecule has 0 N–H and O–H groups in total. The number of aromatic nitrogens is 2. The van der Waals surface area contributed by atoms with Crippen LogP contribution in [0.5, 0.6) is 0 Å². The zero-order valence-corrected chi connectivity index (χ0v) is 16.7. The molecule has 29 heavy (non-hydrogen) atoms. The smallest absolute Gasteiger partial charge is 0.241 e. The van der Waals surface area contributed by atoms with Crippen molar-refractivity contribution in [1.82, 2.24) is 19.9 Å². The Morgan fingerprint density at radius 1 is 1.00 bits per heavy atom. The zero-order chi connectivity index (χ0) is 20.1. The van der Waals surface area contributed by atoms with Crippen LogP contribution in [-0.2, 0) is 13.1 Å². The molecule has 0 radical (unpaired) electrons. The minimum Gasteiger partial charge on any atom is -0.338 e. The van der Waals surface area contributed by atoms with Crippen LogP contribution in [-0.4, -0.2) is 46.1 Å². The molecule has 6 nitrogen and oxygen atoms in total. The van der Waals surface area contributed by atoms with Crippen LogP contribution in [0.25, 0.3) is 11.4 Å². The number of hydrogen-bond acceptors (Lipinski definition) is 6. The van der Waals surface area contributed by atoms with E-state index >= 15 is 0 Å². The molecule has 4 rings (SSSR count). The first-order chi connectivity index (χ1) is 14.2. The molecule has 0 amide bonds. The van der Waals surface area contributed by atoms with Gasteiger partial charge in [-0.1, -0.05) is 41.1 Å². The second kappa shape index (κ2) is 8.99. The van der Waals surface area contributed by atoms with Gasteiger partial charge in [0.15, 0.2) is 0 Å². The van der Waals surface area contributed by atoms with Gasteiger partial charge in [-0.15, -0.1) is 0 Å². The van der Waals surface area contributed by atoms with Gasteiger partial charge in [0, 0.05) is 25.2 Å². The Labute approximate surface area is 171 Å². The summed E-state index contributed by atoms with van der Waals surface area (Å²) in [6.45, 7) is 7.71. The summed E-state index contributed by atoms with van der Waals surface area (Å²) in [5.74, 6) is 1.32. The van der Waals surface area contributed by atoms with Crippen molar-refractivity contribution in [2.24, 2.45) is 0 Å². The summed E-state index contributed by atoms with van der Waals surface area (Å²) in [5, 5.41) is 13.1. The van der Waals surface area contributed by atoms with E-state index in [1.54, 1.807) is 0 Å². The Hall–Kier alpha value is -3.01. The molecule has 1 aliphatic rings. The molecule has 1 saturated heterocycles. The van der Waals surface area contributed by atoms with Gasteiger partial charge < -0.3 is 4.52 Å². The van der Waals surface area contributed by atoms with Gasteiger partial charge in [0.05, 0.1) is 18.2 Å². The van der Waals surface area contributed by atoms with Gasteiger partial charge in [-0.05, 0) is 50.2 Å². The summed E-state index contributed by atoms with van der Waals surface area (Å²) < 4.78 is 5.50. The topological polar surface area (TPSA) is 69.2 Å². The van der Waals surface area contributed by atoms with E-state index < -0.39 is 0 Å². The van der Waals surface area contributed by atoms with Gasteiger partial charge in [-0.2, -0.15) is 10.2 Å². The second-order valence-electron chi connectivity index (χ2n) is 7.60. The predicted octanol–water partition coefficient (Wildman–Crippen LogP) is 3.62. The van der Waals surface area contributed by atoms with E-state index in [2.05, 4.69) is 45.1 Å². The van der Waals surface area contributed by atoms with Gasteiger partial charge >= 0.3 is 0 Å². The number of nitrogens with zero attached hydrogens (tertiary/aromatic N) is 5. The van der Waals surface area contributed by atoms with E-state index in [9.17, 15) is 0 Å². The summed E-state index contributed by atoms with van der Waals surface area (Å²) in [4.78, 5) is 9.44. The molecule has 3 aromatic rings. The van der Waals surface area contributed by atoms with Crippen LogP contribution < -0.4 is 0 Å². The first-order valence-electron chi connectivity index (χ1n) is 10.0. The molecule has 6 heteroatoms. The molecule has 0 unspecified atom stereocenters. The third-order valence-electron chi connectivity index (χ3n) is 5.27. The standard InChI is InChI=1S/C23H25N5O/c1-18-4-2-5-21(14-18)23-25-22(29-26-23)17-28-11-3-10-27(12-13-28)16-20-8-6-19(15-24)7-9-20/h2,4-9,14H,3,10-13,16-17H2,1H3. The lowest BCUT2D eigenvalue weighted by molar-refractivity contribution is 0.222. The highest BCUT2D eigenvalue weighted by Gasteiger charge is 2.18. The summed E-state index contributed by atoms with van der Waals surface area (Å²) in [7, 11) is 0. The average molecular weight is 387 g/mol. The second-order valence-corrected chi connectivity index (χ2v) is 7.60. The highest BCUT2D eigenvalue weighted by molar-refractivity contribution is 5.55.